The molecule has 1 atom stereocenters. The van der Waals surface area contributed by atoms with Crippen LogP contribution in [0.3, 0.4) is 0 Å². The molecule has 6 rings (SSSR count). The Kier molecular flexibility index (Phi) is 9.05. The van der Waals surface area contributed by atoms with Gasteiger partial charge in [0.05, 0.1) is 36.1 Å². The highest BCUT2D eigenvalue weighted by Gasteiger charge is 2.33. The summed E-state index contributed by atoms with van der Waals surface area (Å²) in [5.74, 6) is 1.26. The standard InChI is InChI=1S/C36H30ClN3O5S/c1-22-32(34(41)39-27-13-5-4-6-14-27)33(25-16-17-29(43-2)30(19-25)44-3)40-35(42)31(46-36(40)38-22)20-24-11-7-8-15-28(24)45-21-23-10-9-12-26(37)18-23/h4-20,33H,21H2,1-3H3,(H,39,41)/b31-20-/t33-/m0/s1. The fourth-order valence-electron chi connectivity index (χ4n) is 5.33. The number of para-hydroxylation sites is 2. The quantitative estimate of drug-likeness (QED) is 0.207. The summed E-state index contributed by atoms with van der Waals surface area (Å²) in [4.78, 5) is 33.4. The molecule has 0 unspecified atom stereocenters. The highest BCUT2D eigenvalue weighted by molar-refractivity contribution is 7.07. The monoisotopic (exact) mass is 651 g/mol. The number of nitrogens with one attached hydrogen (secondary N) is 1. The SMILES string of the molecule is COc1ccc([C@H]2C(C(=O)Nc3ccccc3)=C(C)N=c3s/c(=C\c4ccccc4OCc4cccc(Cl)c4)c(=O)n32)cc1OC. The van der Waals surface area contributed by atoms with Crippen LogP contribution in [0.15, 0.2) is 118 Å². The molecule has 4 aromatic carbocycles. The fraction of sp³-hybridized carbons (Fsp3) is 0.139. The number of methoxy groups -OCH3 is 2. The largest absolute Gasteiger partial charge is 0.493 e. The van der Waals surface area contributed by atoms with Crippen LogP contribution in [0.2, 0.25) is 5.02 Å². The van der Waals surface area contributed by atoms with Gasteiger partial charge in [0.15, 0.2) is 16.3 Å². The van der Waals surface area contributed by atoms with Gasteiger partial charge in [0, 0.05) is 16.3 Å². The van der Waals surface area contributed by atoms with E-state index in [0.29, 0.717) is 60.7 Å². The van der Waals surface area contributed by atoms with Crippen molar-refractivity contribution >= 4 is 40.6 Å². The Morgan fingerprint density at radius 3 is 2.46 bits per heavy atom. The van der Waals surface area contributed by atoms with E-state index in [9.17, 15) is 9.59 Å². The van der Waals surface area contributed by atoms with Crippen molar-refractivity contribution < 1.29 is 19.0 Å². The number of allylic oxidation sites excluding steroid dienone is 1. The van der Waals surface area contributed by atoms with E-state index in [0.717, 1.165) is 11.1 Å². The van der Waals surface area contributed by atoms with Crippen LogP contribution >= 0.6 is 22.9 Å². The maximum absolute atomic E-state index is 14.3. The van der Waals surface area contributed by atoms with E-state index < -0.39 is 6.04 Å². The number of halogens is 1. The smallest absolute Gasteiger partial charge is 0.271 e. The third-order valence-electron chi connectivity index (χ3n) is 7.51. The Labute approximate surface area is 274 Å². The van der Waals surface area contributed by atoms with Crippen molar-refractivity contribution in [1.82, 2.24) is 4.57 Å². The van der Waals surface area contributed by atoms with E-state index >= 15 is 0 Å². The van der Waals surface area contributed by atoms with Crippen molar-refractivity contribution in [3.63, 3.8) is 0 Å². The predicted molar refractivity (Wildman–Crippen MR) is 181 cm³/mol. The Morgan fingerprint density at radius 2 is 1.70 bits per heavy atom. The summed E-state index contributed by atoms with van der Waals surface area (Å²) in [5, 5.41) is 3.60. The molecule has 8 nitrogen and oxygen atoms in total. The Morgan fingerprint density at radius 1 is 0.935 bits per heavy atom. The van der Waals surface area contributed by atoms with E-state index in [1.54, 1.807) is 56.1 Å². The molecule has 46 heavy (non-hydrogen) atoms. The molecule has 0 fully saturated rings. The minimum Gasteiger partial charge on any atom is -0.493 e. The molecule has 1 amide bonds. The van der Waals surface area contributed by atoms with Gasteiger partial charge < -0.3 is 19.5 Å². The highest BCUT2D eigenvalue weighted by atomic mass is 35.5. The van der Waals surface area contributed by atoms with Crippen molar-refractivity contribution in [2.24, 2.45) is 4.99 Å². The third kappa shape index (κ3) is 6.33. The van der Waals surface area contributed by atoms with Crippen molar-refractivity contribution in [2.45, 2.75) is 19.6 Å². The van der Waals surface area contributed by atoms with Crippen molar-refractivity contribution in [3.05, 3.63) is 150 Å². The molecule has 0 saturated heterocycles. The zero-order valence-electron chi connectivity index (χ0n) is 25.3. The topological polar surface area (TPSA) is 91.2 Å². The number of aromatic nitrogens is 1. The Hall–Kier alpha value is -5.12. The van der Waals surface area contributed by atoms with Gasteiger partial charge in [-0.3, -0.25) is 14.2 Å². The number of amides is 1. The lowest BCUT2D eigenvalue weighted by Crippen LogP contribution is -2.40. The van der Waals surface area contributed by atoms with Crippen molar-refractivity contribution in [2.75, 3.05) is 19.5 Å². The van der Waals surface area contributed by atoms with Gasteiger partial charge in [0.25, 0.3) is 11.5 Å². The molecule has 1 aromatic heterocycles. The fourth-order valence-corrected chi connectivity index (χ4v) is 6.58. The molecule has 0 spiro atoms. The minimum atomic E-state index is -0.781. The zero-order chi connectivity index (χ0) is 32.2. The number of thiazole rings is 1. The van der Waals surface area contributed by atoms with E-state index in [1.165, 1.54) is 11.3 Å². The van der Waals surface area contributed by atoms with Crippen LogP contribution in [-0.4, -0.2) is 24.7 Å². The van der Waals surface area contributed by atoms with Crippen molar-refractivity contribution in [3.8, 4) is 17.2 Å². The lowest BCUT2D eigenvalue weighted by molar-refractivity contribution is -0.113. The summed E-state index contributed by atoms with van der Waals surface area (Å²) in [6, 6.07) is 28.8. The lowest BCUT2D eigenvalue weighted by Gasteiger charge is -2.26. The first-order valence-corrected chi connectivity index (χ1v) is 15.6. The summed E-state index contributed by atoms with van der Waals surface area (Å²) < 4.78 is 19.2. The summed E-state index contributed by atoms with van der Waals surface area (Å²) in [7, 11) is 3.10. The second-order valence-electron chi connectivity index (χ2n) is 10.5. The number of ether oxygens (including phenoxy) is 3. The number of rotatable bonds is 9. The predicted octanol–water partition coefficient (Wildman–Crippen LogP) is 6.12. The molecule has 0 saturated carbocycles. The number of carbonyl (C=O) groups is 1. The first-order chi connectivity index (χ1) is 22.4. The van der Waals surface area contributed by atoms with Crippen LogP contribution in [0.4, 0.5) is 5.69 Å². The van der Waals surface area contributed by atoms with Crippen LogP contribution < -0.4 is 34.4 Å². The van der Waals surface area contributed by atoms with E-state index in [2.05, 4.69) is 5.32 Å². The number of fused-ring (bicyclic) bond motifs is 1. The lowest BCUT2D eigenvalue weighted by atomic mass is 9.94. The molecule has 232 valence electrons. The van der Waals surface area contributed by atoms with Gasteiger partial charge in [-0.25, -0.2) is 4.99 Å². The number of nitrogens with zero attached hydrogens (tertiary/aromatic N) is 2. The molecule has 1 aliphatic rings. The average molecular weight is 652 g/mol. The molecular weight excluding hydrogens is 622 g/mol. The first-order valence-electron chi connectivity index (χ1n) is 14.4. The van der Waals surface area contributed by atoms with E-state index in [-0.39, 0.29) is 11.5 Å². The number of carbonyl (C=O) groups excluding carboxylic acids is 1. The summed E-state index contributed by atoms with van der Waals surface area (Å²) in [6.45, 7) is 2.09. The number of hydrogen-bond acceptors (Lipinski definition) is 7. The zero-order valence-corrected chi connectivity index (χ0v) is 26.9. The molecule has 5 aromatic rings. The van der Waals surface area contributed by atoms with Crippen LogP contribution in [0.1, 0.15) is 29.7 Å². The molecule has 0 bridgehead atoms. The van der Waals surface area contributed by atoms with Crippen LogP contribution in [-0.2, 0) is 11.4 Å². The Balaban J connectivity index is 1.45. The molecule has 0 aliphatic carbocycles. The Bertz CT molecular complexity index is 2140. The van der Waals surface area contributed by atoms with Gasteiger partial charge >= 0.3 is 0 Å². The highest BCUT2D eigenvalue weighted by Crippen LogP contribution is 2.36. The van der Waals surface area contributed by atoms with Crippen molar-refractivity contribution in [1.29, 1.82) is 0 Å². The van der Waals surface area contributed by atoms with E-state index in [1.807, 2.05) is 72.8 Å². The maximum atomic E-state index is 14.3. The minimum absolute atomic E-state index is 0.286. The second-order valence-corrected chi connectivity index (χ2v) is 11.9. The van der Waals surface area contributed by atoms with Crippen LogP contribution in [0, 0.1) is 0 Å². The van der Waals surface area contributed by atoms with Gasteiger partial charge in [0.1, 0.15) is 12.4 Å². The normalized spacial score (nSPS) is 14.3. The second kappa shape index (κ2) is 13.5. The molecule has 1 aliphatic heterocycles. The summed E-state index contributed by atoms with van der Waals surface area (Å²) >= 11 is 7.41. The number of anilines is 1. The van der Waals surface area contributed by atoms with Gasteiger partial charge in [-0.2, -0.15) is 0 Å². The van der Waals surface area contributed by atoms with Gasteiger partial charge in [-0.1, -0.05) is 77.5 Å². The molecule has 0 radical (unpaired) electrons. The summed E-state index contributed by atoms with van der Waals surface area (Å²) in [5.41, 5.74) is 3.52. The molecule has 2 heterocycles. The van der Waals surface area contributed by atoms with Crippen LogP contribution in [0.5, 0.6) is 17.2 Å². The first kappa shape index (κ1) is 30.9. The summed E-state index contributed by atoms with van der Waals surface area (Å²) in [6.07, 6.45) is 1.80. The number of hydrogen-bond donors (Lipinski definition) is 1. The van der Waals surface area contributed by atoms with E-state index in [4.69, 9.17) is 30.8 Å². The molecular formula is C36H30ClN3O5S. The average Bonchev–Trinajstić information content (AvgIpc) is 3.37. The number of benzene rings is 4. The maximum Gasteiger partial charge on any atom is 0.271 e. The van der Waals surface area contributed by atoms with Gasteiger partial charge in [-0.15, -0.1) is 0 Å². The van der Waals surface area contributed by atoms with Crippen LogP contribution in [0.25, 0.3) is 6.08 Å². The van der Waals surface area contributed by atoms with Gasteiger partial charge in [-0.05, 0) is 66.6 Å². The molecule has 10 heteroatoms. The van der Waals surface area contributed by atoms with Gasteiger partial charge in [0.2, 0.25) is 0 Å². The third-order valence-corrected chi connectivity index (χ3v) is 8.73. The molecule has 1 N–H and O–H groups in total.